The quantitative estimate of drug-likeness (QED) is 0.926. The van der Waals surface area contributed by atoms with Gasteiger partial charge >= 0.3 is 0 Å². The summed E-state index contributed by atoms with van der Waals surface area (Å²) in [5, 5.41) is 10.5. The van der Waals surface area contributed by atoms with E-state index in [4.69, 9.17) is 0 Å². The molecule has 0 saturated carbocycles. The molecule has 1 N–H and O–H groups in total. The molecule has 1 aromatic carbocycles. The second-order valence-electron chi connectivity index (χ2n) is 6.19. The van der Waals surface area contributed by atoms with Crippen molar-refractivity contribution in [1.82, 2.24) is 4.90 Å². The minimum atomic E-state index is -0.431. The number of hydrogen-bond acceptors (Lipinski definition) is 3. The van der Waals surface area contributed by atoms with Gasteiger partial charge in [-0.05, 0) is 49.5 Å². The third-order valence-corrected chi connectivity index (χ3v) is 4.64. The number of aliphatic hydroxyl groups is 1. The van der Waals surface area contributed by atoms with Gasteiger partial charge in [-0.15, -0.1) is 0 Å². The van der Waals surface area contributed by atoms with E-state index in [2.05, 4.69) is 11.0 Å². The second-order valence-corrected chi connectivity index (χ2v) is 6.19. The topological polar surface area (TPSA) is 43.8 Å². The van der Waals surface area contributed by atoms with E-state index in [9.17, 15) is 9.90 Å². The van der Waals surface area contributed by atoms with Crippen LogP contribution in [-0.4, -0.2) is 42.1 Å². The van der Waals surface area contributed by atoms with Gasteiger partial charge in [0.15, 0.2) is 0 Å². The third-order valence-electron chi connectivity index (χ3n) is 4.64. The van der Waals surface area contributed by atoms with Crippen molar-refractivity contribution in [2.45, 2.75) is 38.7 Å². The monoisotopic (exact) mass is 288 g/mol. The van der Waals surface area contributed by atoms with E-state index in [1.54, 1.807) is 6.92 Å². The second kappa shape index (κ2) is 6.16. The molecule has 4 heteroatoms. The minimum Gasteiger partial charge on any atom is -0.387 e. The van der Waals surface area contributed by atoms with E-state index < -0.39 is 6.10 Å². The van der Waals surface area contributed by atoms with Crippen LogP contribution in [0.25, 0.3) is 0 Å². The number of anilines is 1. The van der Waals surface area contributed by atoms with Crippen LogP contribution in [0.2, 0.25) is 0 Å². The molecule has 4 nitrogen and oxygen atoms in total. The Kier molecular flexibility index (Phi) is 4.27. The molecule has 0 aliphatic carbocycles. The molecule has 1 amide bonds. The molecule has 2 aliphatic heterocycles. The molecule has 1 atom stereocenters. The Morgan fingerprint density at radius 3 is 2.71 bits per heavy atom. The van der Waals surface area contributed by atoms with Crippen molar-refractivity contribution in [3.05, 3.63) is 29.3 Å². The van der Waals surface area contributed by atoms with Crippen LogP contribution in [0.1, 0.15) is 43.4 Å². The first kappa shape index (κ1) is 14.5. The molecule has 0 unspecified atom stereocenters. The highest BCUT2D eigenvalue weighted by Gasteiger charge is 2.23. The van der Waals surface area contributed by atoms with Crippen molar-refractivity contribution in [1.29, 1.82) is 0 Å². The zero-order chi connectivity index (χ0) is 14.8. The van der Waals surface area contributed by atoms with Crippen molar-refractivity contribution in [3.63, 3.8) is 0 Å². The largest absolute Gasteiger partial charge is 0.387 e. The van der Waals surface area contributed by atoms with Crippen molar-refractivity contribution in [2.75, 3.05) is 31.1 Å². The number of nitrogens with zero attached hydrogens (tertiary/aromatic N) is 2. The van der Waals surface area contributed by atoms with Crippen LogP contribution >= 0.6 is 0 Å². The Bertz CT molecular complexity index is 524. The maximum Gasteiger partial charge on any atom is 0.223 e. The fourth-order valence-electron chi connectivity index (χ4n) is 3.45. The molecule has 1 saturated heterocycles. The summed E-state index contributed by atoms with van der Waals surface area (Å²) < 4.78 is 0. The number of amides is 1. The van der Waals surface area contributed by atoms with Gasteiger partial charge in [0.05, 0.1) is 6.10 Å². The zero-order valence-corrected chi connectivity index (χ0v) is 12.7. The lowest BCUT2D eigenvalue weighted by molar-refractivity contribution is -0.116. The van der Waals surface area contributed by atoms with Crippen LogP contribution in [-0.2, 0) is 11.2 Å². The number of rotatable bonds is 3. The van der Waals surface area contributed by atoms with E-state index in [0.29, 0.717) is 0 Å². The molecule has 0 aromatic heterocycles. The molecular formula is C17H24N2O2. The van der Waals surface area contributed by atoms with Crippen LogP contribution in [0.3, 0.4) is 0 Å². The highest BCUT2D eigenvalue weighted by molar-refractivity contribution is 5.93. The lowest BCUT2D eigenvalue weighted by Gasteiger charge is -2.28. The fraction of sp³-hybridized carbons (Fsp3) is 0.588. The number of piperidine rings is 1. The van der Waals surface area contributed by atoms with Crippen LogP contribution in [0.4, 0.5) is 5.69 Å². The van der Waals surface area contributed by atoms with Gasteiger partial charge in [0.25, 0.3) is 0 Å². The summed E-state index contributed by atoms with van der Waals surface area (Å²) in [5.41, 5.74) is 3.17. The molecule has 3 rings (SSSR count). The van der Waals surface area contributed by atoms with E-state index in [0.717, 1.165) is 43.9 Å². The van der Waals surface area contributed by atoms with Gasteiger partial charge in [-0.25, -0.2) is 0 Å². The van der Waals surface area contributed by atoms with Gasteiger partial charge in [-0.2, -0.15) is 0 Å². The van der Waals surface area contributed by atoms with Gasteiger partial charge in [0.2, 0.25) is 5.91 Å². The zero-order valence-electron chi connectivity index (χ0n) is 12.7. The van der Waals surface area contributed by atoms with Crippen LogP contribution in [0.5, 0.6) is 0 Å². The third kappa shape index (κ3) is 3.11. The average Bonchev–Trinajstić information content (AvgIpc) is 2.91. The molecule has 0 bridgehead atoms. The Labute approximate surface area is 126 Å². The van der Waals surface area contributed by atoms with Crippen molar-refractivity contribution >= 4 is 11.6 Å². The van der Waals surface area contributed by atoms with Crippen molar-refractivity contribution in [2.24, 2.45) is 0 Å². The molecule has 1 fully saturated rings. The summed E-state index contributed by atoms with van der Waals surface area (Å²) in [7, 11) is 0. The number of carbonyl (C=O) groups excluding carboxylic acids is 1. The molecule has 1 aromatic rings. The van der Waals surface area contributed by atoms with E-state index >= 15 is 0 Å². The van der Waals surface area contributed by atoms with E-state index in [1.807, 2.05) is 17.0 Å². The highest BCUT2D eigenvalue weighted by Crippen LogP contribution is 2.31. The first-order valence-corrected chi connectivity index (χ1v) is 7.96. The number of carbonyl (C=O) groups is 1. The van der Waals surface area contributed by atoms with E-state index in [1.165, 1.54) is 24.8 Å². The summed E-state index contributed by atoms with van der Waals surface area (Å²) in [6.07, 6.45) is 4.25. The number of hydrogen-bond donors (Lipinski definition) is 1. The Morgan fingerprint density at radius 1 is 1.24 bits per heavy atom. The maximum absolute atomic E-state index is 11.6. The smallest absolute Gasteiger partial charge is 0.223 e. The number of benzene rings is 1. The molecule has 0 radical (unpaired) electrons. The SMILES string of the molecule is CC(=O)N1CCc2cc([C@@H](O)CN3CCCCC3)ccc21. The Morgan fingerprint density at radius 2 is 2.00 bits per heavy atom. The lowest BCUT2D eigenvalue weighted by Crippen LogP contribution is -2.33. The molecule has 2 heterocycles. The number of aliphatic hydroxyl groups excluding tert-OH is 1. The molecule has 21 heavy (non-hydrogen) atoms. The summed E-state index contributed by atoms with van der Waals surface area (Å²) >= 11 is 0. The Hall–Kier alpha value is -1.39. The van der Waals surface area contributed by atoms with Gasteiger partial charge in [-0.1, -0.05) is 18.6 Å². The van der Waals surface area contributed by atoms with Crippen molar-refractivity contribution in [3.8, 4) is 0 Å². The van der Waals surface area contributed by atoms with Crippen LogP contribution < -0.4 is 4.90 Å². The Balaban J connectivity index is 1.70. The van der Waals surface area contributed by atoms with Crippen LogP contribution in [0.15, 0.2) is 18.2 Å². The molecule has 2 aliphatic rings. The minimum absolute atomic E-state index is 0.0929. The number of likely N-dealkylation sites (tertiary alicyclic amines) is 1. The van der Waals surface area contributed by atoms with Gasteiger partial charge in [-0.3, -0.25) is 4.79 Å². The average molecular weight is 288 g/mol. The van der Waals surface area contributed by atoms with Gasteiger partial charge < -0.3 is 14.9 Å². The highest BCUT2D eigenvalue weighted by atomic mass is 16.3. The first-order chi connectivity index (χ1) is 10.1. The lowest BCUT2D eigenvalue weighted by atomic mass is 10.0. The standard InChI is InChI=1S/C17H24N2O2/c1-13(20)19-10-7-14-11-15(5-6-16(14)19)17(21)12-18-8-3-2-4-9-18/h5-6,11,17,21H,2-4,7-10,12H2,1H3/t17-/m0/s1. The van der Waals surface area contributed by atoms with Gasteiger partial charge in [0.1, 0.15) is 0 Å². The summed E-state index contributed by atoms with van der Waals surface area (Å²) in [6, 6.07) is 6.03. The number of β-amino-alcohol motifs (C(OH)–C–C–N with tert-alkyl or cyclic N) is 1. The number of fused-ring (bicyclic) bond motifs is 1. The molecule has 114 valence electrons. The normalized spacial score (nSPS) is 20.4. The molecule has 0 spiro atoms. The first-order valence-electron chi connectivity index (χ1n) is 7.96. The van der Waals surface area contributed by atoms with Crippen LogP contribution in [0, 0.1) is 0 Å². The summed E-state index contributed by atoms with van der Waals surface area (Å²) in [4.78, 5) is 15.7. The predicted molar refractivity (Wildman–Crippen MR) is 83.4 cm³/mol. The summed E-state index contributed by atoms with van der Waals surface area (Å²) in [5.74, 6) is 0.0929. The molecular weight excluding hydrogens is 264 g/mol. The summed E-state index contributed by atoms with van der Waals surface area (Å²) in [6.45, 7) is 5.28. The fourth-order valence-corrected chi connectivity index (χ4v) is 3.45. The predicted octanol–water partition coefficient (Wildman–Crippen LogP) is 2.11. The van der Waals surface area contributed by atoms with Crippen molar-refractivity contribution < 1.29 is 9.90 Å². The maximum atomic E-state index is 11.6. The van der Waals surface area contributed by atoms with E-state index in [-0.39, 0.29) is 5.91 Å². The van der Waals surface area contributed by atoms with Gasteiger partial charge in [0, 0.05) is 25.7 Å².